The molecule has 0 saturated carbocycles. The Bertz CT molecular complexity index is 659. The average Bonchev–Trinajstić information content (AvgIpc) is 3.16. The van der Waals surface area contributed by atoms with Crippen LogP contribution in [0.3, 0.4) is 0 Å². The minimum Gasteiger partial charge on any atom is -0.484 e. The Morgan fingerprint density at radius 2 is 1.93 bits per heavy atom. The number of rotatable bonds is 9. The van der Waals surface area contributed by atoms with Crippen LogP contribution >= 0.6 is 0 Å². The maximum atomic E-state index is 12.0. The number of carbonyl (C=O) groups excluding carboxylic acids is 2. The maximum absolute atomic E-state index is 12.0. The Kier molecular flexibility index (Phi) is 7.68. The first-order chi connectivity index (χ1) is 13.7. The fourth-order valence-electron chi connectivity index (χ4n) is 3.72. The molecule has 1 aromatic rings. The molecule has 7 heteroatoms. The smallest absolute Gasteiger partial charge is 0.257 e. The molecule has 0 spiro atoms. The van der Waals surface area contributed by atoms with Crippen molar-refractivity contribution >= 4 is 17.5 Å². The largest absolute Gasteiger partial charge is 0.484 e. The summed E-state index contributed by atoms with van der Waals surface area (Å²) < 4.78 is 5.61. The maximum Gasteiger partial charge on any atom is 0.257 e. The van der Waals surface area contributed by atoms with Gasteiger partial charge in [-0.2, -0.15) is 0 Å². The van der Waals surface area contributed by atoms with Crippen LogP contribution in [-0.4, -0.2) is 80.6 Å². The number of likely N-dealkylation sites (N-methyl/N-ethyl adjacent to an activating group) is 1. The van der Waals surface area contributed by atoms with E-state index in [1.165, 1.54) is 0 Å². The van der Waals surface area contributed by atoms with Crippen LogP contribution in [0.15, 0.2) is 24.3 Å². The van der Waals surface area contributed by atoms with E-state index in [-0.39, 0.29) is 18.4 Å². The molecule has 2 aliphatic rings. The number of amides is 2. The van der Waals surface area contributed by atoms with Gasteiger partial charge in [0.15, 0.2) is 6.61 Å². The fourth-order valence-corrected chi connectivity index (χ4v) is 3.72. The Balaban J connectivity index is 1.32. The summed E-state index contributed by atoms with van der Waals surface area (Å²) in [6.45, 7) is 10.3. The Hall–Kier alpha value is -2.12. The molecule has 2 amide bonds. The van der Waals surface area contributed by atoms with Crippen molar-refractivity contribution in [2.24, 2.45) is 0 Å². The van der Waals surface area contributed by atoms with Gasteiger partial charge in [-0.25, -0.2) is 0 Å². The molecular weight excluding hydrogens is 356 g/mol. The molecular formula is C21H32N4O3. The zero-order chi connectivity index (χ0) is 19.8. The highest BCUT2D eigenvalue weighted by atomic mass is 16.5. The van der Waals surface area contributed by atoms with Gasteiger partial charge < -0.3 is 24.8 Å². The van der Waals surface area contributed by atoms with Crippen LogP contribution in [-0.2, 0) is 9.59 Å². The van der Waals surface area contributed by atoms with Crippen molar-refractivity contribution in [2.75, 3.05) is 63.9 Å². The number of nitrogens with zero attached hydrogens (tertiary/aromatic N) is 3. The monoisotopic (exact) mass is 388 g/mol. The Morgan fingerprint density at radius 3 is 2.64 bits per heavy atom. The number of ether oxygens (including phenoxy) is 1. The van der Waals surface area contributed by atoms with Crippen LogP contribution in [0.25, 0.3) is 0 Å². The van der Waals surface area contributed by atoms with E-state index in [0.29, 0.717) is 18.7 Å². The summed E-state index contributed by atoms with van der Waals surface area (Å²) in [6, 6.07) is 7.39. The molecule has 1 N–H and O–H groups in total. The number of benzene rings is 1. The minimum atomic E-state index is -0.113. The second-order valence-corrected chi connectivity index (χ2v) is 7.41. The molecule has 1 aromatic carbocycles. The van der Waals surface area contributed by atoms with Gasteiger partial charge in [0, 0.05) is 57.4 Å². The van der Waals surface area contributed by atoms with E-state index in [9.17, 15) is 9.59 Å². The lowest BCUT2D eigenvalue weighted by molar-refractivity contribution is -0.123. The first-order valence-corrected chi connectivity index (χ1v) is 10.4. The van der Waals surface area contributed by atoms with Crippen LogP contribution < -0.4 is 15.0 Å². The van der Waals surface area contributed by atoms with Crippen molar-refractivity contribution in [1.82, 2.24) is 15.1 Å². The minimum absolute atomic E-state index is 0.00737. The predicted molar refractivity (Wildman–Crippen MR) is 110 cm³/mol. The second kappa shape index (κ2) is 10.4. The van der Waals surface area contributed by atoms with E-state index >= 15 is 0 Å². The summed E-state index contributed by atoms with van der Waals surface area (Å²) >= 11 is 0. The number of nitrogens with one attached hydrogen (secondary N) is 1. The van der Waals surface area contributed by atoms with Gasteiger partial charge >= 0.3 is 0 Å². The van der Waals surface area contributed by atoms with Crippen molar-refractivity contribution < 1.29 is 14.3 Å². The van der Waals surface area contributed by atoms with Crippen molar-refractivity contribution in [3.63, 3.8) is 0 Å². The number of hydrogen-bond donors (Lipinski definition) is 1. The highest BCUT2D eigenvalue weighted by Crippen LogP contribution is 2.25. The number of anilines is 1. The van der Waals surface area contributed by atoms with E-state index in [0.717, 1.165) is 64.3 Å². The molecule has 3 rings (SSSR count). The molecule has 2 aliphatic heterocycles. The van der Waals surface area contributed by atoms with Gasteiger partial charge in [-0.3, -0.25) is 9.59 Å². The summed E-state index contributed by atoms with van der Waals surface area (Å²) in [5.74, 6) is 0.644. The van der Waals surface area contributed by atoms with E-state index in [1.807, 2.05) is 24.3 Å². The molecule has 0 atom stereocenters. The highest BCUT2D eigenvalue weighted by Gasteiger charge is 2.21. The summed E-state index contributed by atoms with van der Waals surface area (Å²) in [6.07, 6.45) is 2.44. The van der Waals surface area contributed by atoms with Crippen LogP contribution in [0.2, 0.25) is 0 Å². The summed E-state index contributed by atoms with van der Waals surface area (Å²) in [5, 5.41) is 2.92. The molecule has 2 fully saturated rings. The van der Waals surface area contributed by atoms with Gasteiger partial charge in [-0.15, -0.1) is 0 Å². The topological polar surface area (TPSA) is 65.1 Å². The fraction of sp³-hybridized carbons (Fsp3) is 0.619. The molecule has 2 saturated heterocycles. The summed E-state index contributed by atoms with van der Waals surface area (Å²) in [4.78, 5) is 30.6. The summed E-state index contributed by atoms with van der Waals surface area (Å²) in [5.41, 5.74) is 0.837. The molecule has 0 bridgehead atoms. The van der Waals surface area contributed by atoms with Crippen molar-refractivity contribution in [1.29, 1.82) is 0 Å². The third kappa shape index (κ3) is 5.94. The van der Waals surface area contributed by atoms with Gasteiger partial charge in [-0.05, 0) is 38.1 Å². The lowest BCUT2D eigenvalue weighted by atomic mass is 10.3. The first-order valence-electron chi connectivity index (χ1n) is 10.4. The molecule has 0 unspecified atom stereocenters. The summed E-state index contributed by atoms with van der Waals surface area (Å²) in [7, 11) is 0. The third-order valence-corrected chi connectivity index (χ3v) is 5.46. The molecule has 28 heavy (non-hydrogen) atoms. The quantitative estimate of drug-likeness (QED) is 0.647. The van der Waals surface area contributed by atoms with Crippen LogP contribution in [0, 0.1) is 0 Å². The van der Waals surface area contributed by atoms with Crippen LogP contribution in [0.4, 0.5) is 5.69 Å². The Morgan fingerprint density at radius 1 is 1.14 bits per heavy atom. The number of carbonyl (C=O) groups is 2. The van der Waals surface area contributed by atoms with Gasteiger partial charge in [0.2, 0.25) is 5.91 Å². The predicted octanol–water partition coefficient (Wildman–Crippen LogP) is 1.34. The van der Waals surface area contributed by atoms with E-state index in [2.05, 4.69) is 22.0 Å². The standard InChI is InChI=1S/C21H32N4O3/c1-2-23-12-14-24(15-13-23)10-5-9-22-20(26)17-28-19-7-3-6-18(16-19)25-11-4-8-21(25)27/h3,6-7,16H,2,4-5,8-15,17H2,1H3,(H,22,26). The van der Waals surface area contributed by atoms with Crippen molar-refractivity contribution in [2.45, 2.75) is 26.2 Å². The van der Waals surface area contributed by atoms with Crippen molar-refractivity contribution in [3.05, 3.63) is 24.3 Å². The molecule has 2 heterocycles. The van der Waals surface area contributed by atoms with Gasteiger partial charge in [0.05, 0.1) is 0 Å². The zero-order valence-corrected chi connectivity index (χ0v) is 16.9. The van der Waals surface area contributed by atoms with Crippen LogP contribution in [0.5, 0.6) is 5.75 Å². The van der Waals surface area contributed by atoms with E-state index in [4.69, 9.17) is 4.74 Å². The SMILES string of the molecule is CCN1CCN(CCCNC(=O)COc2cccc(N3CCCC3=O)c2)CC1. The lowest BCUT2D eigenvalue weighted by Gasteiger charge is -2.33. The van der Waals surface area contributed by atoms with Gasteiger partial charge in [0.25, 0.3) is 5.91 Å². The van der Waals surface area contributed by atoms with Crippen molar-refractivity contribution in [3.8, 4) is 5.75 Å². The lowest BCUT2D eigenvalue weighted by Crippen LogP contribution is -2.46. The molecule has 0 aromatic heterocycles. The average molecular weight is 389 g/mol. The molecule has 0 aliphatic carbocycles. The number of hydrogen-bond acceptors (Lipinski definition) is 5. The van der Waals surface area contributed by atoms with Gasteiger partial charge in [-0.1, -0.05) is 13.0 Å². The third-order valence-electron chi connectivity index (χ3n) is 5.46. The van der Waals surface area contributed by atoms with E-state index in [1.54, 1.807) is 4.90 Å². The molecule has 154 valence electrons. The zero-order valence-electron chi connectivity index (χ0n) is 16.9. The Labute approximate surface area is 167 Å². The molecule has 7 nitrogen and oxygen atoms in total. The first kappa shape index (κ1) is 20.6. The molecule has 0 radical (unpaired) electrons. The normalized spacial score (nSPS) is 18.5. The van der Waals surface area contributed by atoms with Crippen LogP contribution in [0.1, 0.15) is 26.2 Å². The highest BCUT2D eigenvalue weighted by molar-refractivity contribution is 5.95. The van der Waals surface area contributed by atoms with E-state index < -0.39 is 0 Å². The number of piperazine rings is 1. The van der Waals surface area contributed by atoms with Gasteiger partial charge in [0.1, 0.15) is 5.75 Å². The second-order valence-electron chi connectivity index (χ2n) is 7.41.